The number of anilines is 1. The van der Waals surface area contributed by atoms with Crippen LogP contribution >= 0.6 is 11.6 Å². The molecular weight excluding hydrogens is 364 g/mol. The maximum Gasteiger partial charge on any atom is 0.321 e. The summed E-state index contributed by atoms with van der Waals surface area (Å²) in [7, 11) is 0. The van der Waals surface area contributed by atoms with Gasteiger partial charge in [-0.15, -0.1) is 0 Å². The number of carbonyl (C=O) groups is 1. The highest BCUT2D eigenvalue weighted by molar-refractivity contribution is 6.30. The van der Waals surface area contributed by atoms with Crippen molar-refractivity contribution in [2.45, 2.75) is 12.8 Å². The second-order valence-corrected chi connectivity index (χ2v) is 7.18. The number of hydrogen-bond donors (Lipinski definition) is 1. The van der Waals surface area contributed by atoms with E-state index >= 15 is 0 Å². The number of nitrogens with zero attached hydrogens (tertiary/aromatic N) is 3. The van der Waals surface area contributed by atoms with E-state index in [1.807, 2.05) is 30.3 Å². The number of nitrogens with one attached hydrogen (secondary N) is 1. The van der Waals surface area contributed by atoms with Crippen LogP contribution < -0.4 is 5.32 Å². The van der Waals surface area contributed by atoms with Gasteiger partial charge in [-0.25, -0.2) is 4.79 Å². The topological polar surface area (TPSA) is 71.3 Å². The molecule has 7 heteroatoms. The maximum absolute atomic E-state index is 12.6. The molecule has 138 valence electrons. The van der Waals surface area contributed by atoms with E-state index in [0.29, 0.717) is 35.5 Å². The number of rotatable bonds is 3. The summed E-state index contributed by atoms with van der Waals surface area (Å²) in [5, 5.41) is 7.62. The molecule has 3 aromatic rings. The molecule has 1 aromatic heterocycles. The Bertz CT molecular complexity index is 927. The molecule has 0 radical (unpaired) electrons. The van der Waals surface area contributed by atoms with E-state index in [2.05, 4.69) is 22.4 Å². The Labute approximate surface area is 162 Å². The third-order valence-corrected chi connectivity index (χ3v) is 5.04. The molecule has 2 aromatic carbocycles. The van der Waals surface area contributed by atoms with E-state index in [-0.39, 0.29) is 17.9 Å². The lowest BCUT2D eigenvalue weighted by atomic mass is 9.98. The Morgan fingerprint density at radius 1 is 1.15 bits per heavy atom. The van der Waals surface area contributed by atoms with Crippen LogP contribution in [0.2, 0.25) is 5.02 Å². The third-order valence-electron chi connectivity index (χ3n) is 4.79. The average Bonchev–Trinajstić information content (AvgIpc) is 3.31. The monoisotopic (exact) mass is 382 g/mol. The Balaban J connectivity index is 1.44. The van der Waals surface area contributed by atoms with E-state index in [4.69, 9.17) is 16.1 Å². The zero-order chi connectivity index (χ0) is 18.8. The predicted octanol–water partition coefficient (Wildman–Crippen LogP) is 4.66. The first-order chi connectivity index (χ1) is 13.1. The summed E-state index contributed by atoms with van der Waals surface area (Å²) in [6.07, 6.45) is 0. The lowest BCUT2D eigenvalue weighted by Gasteiger charge is -2.16. The largest absolute Gasteiger partial charge is 0.339 e. The zero-order valence-electron chi connectivity index (χ0n) is 14.8. The number of hydrogen-bond acceptors (Lipinski definition) is 4. The quantitative estimate of drug-likeness (QED) is 0.715. The van der Waals surface area contributed by atoms with Crippen LogP contribution in [-0.4, -0.2) is 34.2 Å². The van der Waals surface area contributed by atoms with E-state index in [9.17, 15) is 4.79 Å². The SMILES string of the molecule is CC1CN(C(=O)Nc2ccc(Cl)cc2)CC1c1nc(-c2ccccc2)no1. The zero-order valence-corrected chi connectivity index (χ0v) is 15.6. The average molecular weight is 383 g/mol. The molecular formula is C20H19ClN4O2. The first kappa shape index (κ1) is 17.5. The van der Waals surface area contributed by atoms with Gasteiger partial charge >= 0.3 is 6.03 Å². The number of aromatic nitrogens is 2. The number of likely N-dealkylation sites (tertiary alicyclic amines) is 1. The summed E-state index contributed by atoms with van der Waals surface area (Å²) < 4.78 is 5.50. The fourth-order valence-electron chi connectivity index (χ4n) is 3.28. The number of carbonyl (C=O) groups excluding carboxylic acids is 1. The number of amides is 2. The van der Waals surface area contributed by atoms with Gasteiger partial charge in [-0.2, -0.15) is 4.98 Å². The second kappa shape index (κ2) is 7.40. The molecule has 2 heterocycles. The van der Waals surface area contributed by atoms with Gasteiger partial charge in [0.05, 0.1) is 5.92 Å². The van der Waals surface area contributed by atoms with Crippen molar-refractivity contribution in [2.75, 3.05) is 18.4 Å². The summed E-state index contributed by atoms with van der Waals surface area (Å²) >= 11 is 5.88. The van der Waals surface area contributed by atoms with Crippen LogP contribution in [0.25, 0.3) is 11.4 Å². The highest BCUT2D eigenvalue weighted by atomic mass is 35.5. The Kier molecular flexibility index (Phi) is 4.81. The van der Waals surface area contributed by atoms with Gasteiger partial charge in [-0.05, 0) is 30.2 Å². The van der Waals surface area contributed by atoms with Crippen LogP contribution in [0, 0.1) is 5.92 Å². The minimum Gasteiger partial charge on any atom is -0.339 e. The van der Waals surface area contributed by atoms with Gasteiger partial charge in [0.15, 0.2) is 0 Å². The molecule has 0 bridgehead atoms. The van der Waals surface area contributed by atoms with Crippen LogP contribution in [0.1, 0.15) is 18.7 Å². The Hall–Kier alpha value is -2.86. The van der Waals surface area contributed by atoms with Gasteiger partial charge in [0.2, 0.25) is 11.7 Å². The predicted molar refractivity (Wildman–Crippen MR) is 104 cm³/mol. The third kappa shape index (κ3) is 3.80. The molecule has 0 saturated carbocycles. The molecule has 2 amide bonds. The highest BCUT2D eigenvalue weighted by Gasteiger charge is 2.37. The van der Waals surface area contributed by atoms with E-state index < -0.39 is 0 Å². The Morgan fingerprint density at radius 3 is 2.63 bits per heavy atom. The molecule has 1 N–H and O–H groups in total. The standard InChI is InChI=1S/C20H19ClN4O2/c1-13-11-25(20(26)22-16-9-7-15(21)8-10-16)12-17(13)19-23-18(24-27-19)14-5-3-2-4-6-14/h2-10,13,17H,11-12H2,1H3,(H,22,26). The van der Waals surface area contributed by atoms with Crippen molar-refractivity contribution in [1.29, 1.82) is 0 Å². The van der Waals surface area contributed by atoms with Crippen LogP contribution in [0.5, 0.6) is 0 Å². The summed E-state index contributed by atoms with van der Waals surface area (Å²) in [5.41, 5.74) is 1.63. The molecule has 1 saturated heterocycles. The van der Waals surface area contributed by atoms with Crippen molar-refractivity contribution in [2.24, 2.45) is 5.92 Å². The number of halogens is 1. The fraction of sp³-hybridized carbons (Fsp3) is 0.250. The van der Waals surface area contributed by atoms with Crippen molar-refractivity contribution in [3.63, 3.8) is 0 Å². The van der Waals surface area contributed by atoms with Gasteiger partial charge in [0, 0.05) is 29.4 Å². The normalized spacial score (nSPS) is 19.3. The van der Waals surface area contributed by atoms with E-state index in [1.54, 1.807) is 29.2 Å². The molecule has 2 atom stereocenters. The fourth-order valence-corrected chi connectivity index (χ4v) is 3.41. The summed E-state index contributed by atoms with van der Waals surface area (Å²) in [6, 6.07) is 16.6. The summed E-state index contributed by atoms with van der Waals surface area (Å²) in [6.45, 7) is 3.26. The van der Waals surface area contributed by atoms with Gasteiger partial charge in [-0.1, -0.05) is 54.0 Å². The van der Waals surface area contributed by atoms with Crippen molar-refractivity contribution in [1.82, 2.24) is 15.0 Å². The maximum atomic E-state index is 12.6. The summed E-state index contributed by atoms with van der Waals surface area (Å²) in [4.78, 5) is 18.9. The second-order valence-electron chi connectivity index (χ2n) is 6.75. The van der Waals surface area contributed by atoms with Crippen molar-refractivity contribution >= 4 is 23.3 Å². The molecule has 0 aliphatic carbocycles. The van der Waals surface area contributed by atoms with Gasteiger partial charge < -0.3 is 14.7 Å². The van der Waals surface area contributed by atoms with E-state index in [1.165, 1.54) is 0 Å². The number of urea groups is 1. The molecule has 2 unspecified atom stereocenters. The highest BCUT2D eigenvalue weighted by Crippen LogP contribution is 2.32. The van der Waals surface area contributed by atoms with E-state index in [0.717, 1.165) is 5.56 Å². The Morgan fingerprint density at radius 2 is 1.89 bits per heavy atom. The molecule has 27 heavy (non-hydrogen) atoms. The van der Waals surface area contributed by atoms with Crippen molar-refractivity contribution in [3.8, 4) is 11.4 Å². The lowest BCUT2D eigenvalue weighted by molar-refractivity contribution is 0.220. The van der Waals surface area contributed by atoms with Gasteiger partial charge in [-0.3, -0.25) is 0 Å². The molecule has 0 spiro atoms. The minimum atomic E-state index is -0.144. The first-order valence-corrected chi connectivity index (χ1v) is 9.18. The van der Waals surface area contributed by atoms with Gasteiger partial charge in [0.1, 0.15) is 0 Å². The molecule has 4 rings (SSSR count). The van der Waals surface area contributed by atoms with Crippen molar-refractivity contribution < 1.29 is 9.32 Å². The van der Waals surface area contributed by atoms with Gasteiger partial charge in [0.25, 0.3) is 0 Å². The smallest absolute Gasteiger partial charge is 0.321 e. The lowest BCUT2D eigenvalue weighted by Crippen LogP contribution is -2.33. The molecule has 1 aliphatic heterocycles. The van der Waals surface area contributed by atoms with Crippen LogP contribution in [0.15, 0.2) is 59.1 Å². The molecule has 6 nitrogen and oxygen atoms in total. The molecule has 1 fully saturated rings. The minimum absolute atomic E-state index is 0.0194. The van der Waals surface area contributed by atoms with Crippen LogP contribution in [-0.2, 0) is 0 Å². The van der Waals surface area contributed by atoms with Crippen LogP contribution in [0.3, 0.4) is 0 Å². The summed E-state index contributed by atoms with van der Waals surface area (Å²) in [5.74, 6) is 1.39. The number of benzene rings is 2. The first-order valence-electron chi connectivity index (χ1n) is 8.80. The van der Waals surface area contributed by atoms with Crippen LogP contribution in [0.4, 0.5) is 10.5 Å². The molecule has 1 aliphatic rings. The van der Waals surface area contributed by atoms with Crippen molar-refractivity contribution in [3.05, 3.63) is 65.5 Å².